The number of carboxylic acid groups (broad SMARTS) is 1. The summed E-state index contributed by atoms with van der Waals surface area (Å²) in [5.41, 5.74) is 0. The summed E-state index contributed by atoms with van der Waals surface area (Å²) >= 11 is 0. The Hall–Kier alpha value is -0.900. The van der Waals surface area contributed by atoms with Gasteiger partial charge in [-0.1, -0.05) is 0 Å². The second-order valence-corrected chi connectivity index (χ2v) is 1.56. The van der Waals surface area contributed by atoms with Gasteiger partial charge in [-0.25, -0.2) is 4.79 Å². The molecule has 0 fully saturated rings. The van der Waals surface area contributed by atoms with Crippen LogP contribution in [0.5, 0.6) is 0 Å². The Bertz CT molecular complexity index is 118. The van der Waals surface area contributed by atoms with Gasteiger partial charge in [0.25, 0.3) is 0 Å². The Kier molecular flexibility index (Phi) is 3.62. The summed E-state index contributed by atoms with van der Waals surface area (Å²) in [5, 5.41) is 16.1. The van der Waals surface area contributed by atoms with Gasteiger partial charge in [0.1, 0.15) is 0 Å². The molecule has 0 saturated heterocycles. The zero-order valence-electron chi connectivity index (χ0n) is 4.83. The summed E-state index contributed by atoms with van der Waals surface area (Å²) in [7, 11) is 0. The van der Waals surface area contributed by atoms with Crippen LogP contribution < -0.4 is 0 Å². The van der Waals surface area contributed by atoms with E-state index in [1.807, 2.05) is 0 Å². The average molecular weight is 132 g/mol. The lowest BCUT2D eigenvalue weighted by atomic mass is 10.2. The van der Waals surface area contributed by atoms with Crippen LogP contribution in [0.2, 0.25) is 0 Å². The molecule has 0 unspecified atom stereocenters. The lowest BCUT2D eigenvalue weighted by molar-refractivity contribution is -0.149. The summed E-state index contributed by atoms with van der Waals surface area (Å²) in [6.07, 6.45) is 0.150. The largest absolute Gasteiger partial charge is 0.476 e. The van der Waals surface area contributed by atoms with Crippen LogP contribution in [0, 0.1) is 0 Å². The lowest BCUT2D eigenvalue weighted by Gasteiger charge is -1.89. The number of Topliss-reactive ketones (excluding diaryl/α,β-unsaturated/α-hetero) is 1. The van der Waals surface area contributed by atoms with Crippen LogP contribution in [0.25, 0.3) is 0 Å². The van der Waals surface area contributed by atoms with Gasteiger partial charge in [0.2, 0.25) is 5.78 Å². The van der Waals surface area contributed by atoms with E-state index in [9.17, 15) is 9.59 Å². The fraction of sp³-hybridized carbons (Fsp3) is 0.600. The smallest absolute Gasteiger partial charge is 0.372 e. The van der Waals surface area contributed by atoms with Gasteiger partial charge in [-0.05, 0) is 6.42 Å². The fourth-order valence-corrected chi connectivity index (χ4v) is 0.347. The first-order valence-electron chi connectivity index (χ1n) is 2.55. The van der Waals surface area contributed by atoms with Crippen molar-refractivity contribution in [1.29, 1.82) is 0 Å². The quantitative estimate of drug-likeness (QED) is 0.501. The van der Waals surface area contributed by atoms with Gasteiger partial charge in [-0.2, -0.15) is 0 Å². The first-order valence-corrected chi connectivity index (χ1v) is 2.55. The van der Waals surface area contributed by atoms with Gasteiger partial charge in [-0.3, -0.25) is 4.79 Å². The molecule has 0 amide bonds. The predicted octanol–water partition coefficient (Wildman–Crippen LogP) is -0.587. The maximum Gasteiger partial charge on any atom is 0.372 e. The summed E-state index contributed by atoms with van der Waals surface area (Å²) in [6, 6.07) is 0. The highest BCUT2D eigenvalue weighted by molar-refractivity contribution is 6.32. The molecule has 4 heteroatoms. The van der Waals surface area contributed by atoms with Crippen molar-refractivity contribution in [3.8, 4) is 0 Å². The molecule has 9 heavy (non-hydrogen) atoms. The monoisotopic (exact) mass is 132 g/mol. The van der Waals surface area contributed by atoms with E-state index >= 15 is 0 Å². The van der Waals surface area contributed by atoms with Gasteiger partial charge >= 0.3 is 5.97 Å². The molecule has 0 rings (SSSR count). The van der Waals surface area contributed by atoms with Crippen molar-refractivity contribution >= 4 is 11.8 Å². The predicted molar refractivity (Wildman–Crippen MR) is 29.0 cm³/mol. The normalized spacial score (nSPS) is 9.00. The van der Waals surface area contributed by atoms with Crippen LogP contribution in [-0.2, 0) is 9.59 Å². The van der Waals surface area contributed by atoms with Gasteiger partial charge < -0.3 is 10.2 Å². The molecule has 52 valence electrons. The first kappa shape index (κ1) is 8.10. The van der Waals surface area contributed by atoms with E-state index in [0.29, 0.717) is 0 Å². The maximum absolute atomic E-state index is 10.2. The summed E-state index contributed by atoms with van der Waals surface area (Å²) in [6.45, 7) is -0.140. The molecule has 4 nitrogen and oxygen atoms in total. The minimum absolute atomic E-state index is 0.0775. The van der Waals surface area contributed by atoms with E-state index in [2.05, 4.69) is 0 Å². The number of carbonyl (C=O) groups is 2. The fourth-order valence-electron chi connectivity index (χ4n) is 0.347. The third-order valence-corrected chi connectivity index (χ3v) is 0.800. The second kappa shape index (κ2) is 4.03. The minimum Gasteiger partial charge on any atom is -0.476 e. The molecule has 0 atom stereocenters. The van der Waals surface area contributed by atoms with E-state index in [1.165, 1.54) is 0 Å². The van der Waals surface area contributed by atoms with Crippen LogP contribution >= 0.6 is 0 Å². The van der Waals surface area contributed by atoms with E-state index < -0.39 is 11.8 Å². The highest BCUT2D eigenvalue weighted by atomic mass is 16.4. The van der Waals surface area contributed by atoms with Crippen molar-refractivity contribution in [3.05, 3.63) is 0 Å². The molecule has 0 aromatic rings. The van der Waals surface area contributed by atoms with E-state index in [0.717, 1.165) is 0 Å². The van der Waals surface area contributed by atoms with Crippen molar-refractivity contribution in [2.75, 3.05) is 6.61 Å². The van der Waals surface area contributed by atoms with Gasteiger partial charge in [0, 0.05) is 13.0 Å². The first-order chi connectivity index (χ1) is 4.18. The summed E-state index contributed by atoms with van der Waals surface area (Å²) in [5.74, 6) is -2.27. The Balaban J connectivity index is 3.39. The second-order valence-electron chi connectivity index (χ2n) is 1.56. The van der Waals surface area contributed by atoms with Crippen molar-refractivity contribution in [3.63, 3.8) is 0 Å². The number of aliphatic hydroxyl groups is 1. The van der Waals surface area contributed by atoms with Crippen molar-refractivity contribution < 1.29 is 19.8 Å². The summed E-state index contributed by atoms with van der Waals surface area (Å²) < 4.78 is 0. The van der Waals surface area contributed by atoms with E-state index in [1.54, 1.807) is 0 Å². The van der Waals surface area contributed by atoms with Gasteiger partial charge in [-0.15, -0.1) is 0 Å². The van der Waals surface area contributed by atoms with E-state index in [4.69, 9.17) is 10.2 Å². The Morgan fingerprint density at radius 3 is 2.22 bits per heavy atom. The number of hydrogen-bond donors (Lipinski definition) is 2. The lowest BCUT2D eigenvalue weighted by Crippen LogP contribution is -2.12. The van der Waals surface area contributed by atoms with Crippen LogP contribution in [0.1, 0.15) is 12.8 Å². The number of carbonyl (C=O) groups excluding carboxylic acids is 1. The number of hydrogen-bond acceptors (Lipinski definition) is 3. The zero-order chi connectivity index (χ0) is 7.28. The average Bonchev–Trinajstić information content (AvgIpc) is 1.82. The molecular formula is C5H8O4. The third-order valence-electron chi connectivity index (χ3n) is 0.800. The molecule has 2 N–H and O–H groups in total. The molecule has 0 spiro atoms. The Labute approximate surface area is 52.1 Å². The molecule has 0 aromatic carbocycles. The number of ketones is 1. The molecule has 0 aliphatic carbocycles. The van der Waals surface area contributed by atoms with Crippen molar-refractivity contribution in [2.45, 2.75) is 12.8 Å². The SMILES string of the molecule is O=C(O)C(=O)CCCO. The van der Waals surface area contributed by atoms with Crippen molar-refractivity contribution in [2.24, 2.45) is 0 Å². The number of rotatable bonds is 4. The molecule has 0 aliphatic rings. The van der Waals surface area contributed by atoms with Crippen LogP contribution in [0.3, 0.4) is 0 Å². The maximum atomic E-state index is 10.2. The van der Waals surface area contributed by atoms with Crippen LogP contribution in [0.15, 0.2) is 0 Å². The number of aliphatic carboxylic acids is 1. The molecule has 0 aliphatic heterocycles. The number of aliphatic hydroxyl groups excluding tert-OH is 1. The van der Waals surface area contributed by atoms with Crippen LogP contribution in [0.4, 0.5) is 0 Å². The van der Waals surface area contributed by atoms with E-state index in [-0.39, 0.29) is 19.4 Å². The molecular weight excluding hydrogens is 124 g/mol. The minimum atomic E-state index is -1.43. The molecule has 0 saturated carbocycles. The summed E-state index contributed by atoms with van der Waals surface area (Å²) in [4.78, 5) is 20.0. The topological polar surface area (TPSA) is 74.6 Å². The van der Waals surface area contributed by atoms with Gasteiger partial charge in [0.05, 0.1) is 0 Å². The molecule has 0 bridgehead atoms. The van der Waals surface area contributed by atoms with Gasteiger partial charge in [0.15, 0.2) is 0 Å². The molecule has 0 aromatic heterocycles. The Morgan fingerprint density at radius 1 is 1.33 bits per heavy atom. The zero-order valence-corrected chi connectivity index (χ0v) is 4.83. The Morgan fingerprint density at radius 2 is 1.89 bits per heavy atom. The number of carboxylic acids is 1. The standard InChI is InChI=1S/C5H8O4/c6-3-1-2-4(7)5(8)9/h6H,1-3H2,(H,8,9). The third kappa shape index (κ3) is 3.66. The van der Waals surface area contributed by atoms with Crippen LogP contribution in [-0.4, -0.2) is 28.6 Å². The molecule has 0 heterocycles. The molecule has 0 radical (unpaired) electrons. The highest BCUT2D eigenvalue weighted by Crippen LogP contribution is 1.88. The highest BCUT2D eigenvalue weighted by Gasteiger charge is 2.08. The van der Waals surface area contributed by atoms with Crippen molar-refractivity contribution in [1.82, 2.24) is 0 Å².